The zero-order valence-corrected chi connectivity index (χ0v) is 16.4. The molecule has 3 rings (SSSR count). The first-order chi connectivity index (χ1) is 13.8. The van der Waals surface area contributed by atoms with Gasteiger partial charge in [0, 0.05) is 5.57 Å². The van der Waals surface area contributed by atoms with Gasteiger partial charge < -0.3 is 4.90 Å². The SMILES string of the molecule is C=C1C(F)=CC(c2ccccc2)=C(c2c(F)cc(C)cc2F)N1CC(F)F.CC. The van der Waals surface area contributed by atoms with E-state index in [2.05, 4.69) is 6.58 Å². The predicted molar refractivity (Wildman–Crippen MR) is 107 cm³/mol. The molecule has 1 aliphatic rings. The Bertz CT molecular complexity index is 922. The fraction of sp³-hybridized carbons (Fsp3) is 0.217. The molecular formula is C23H22F5N. The first kappa shape index (κ1) is 22.4. The van der Waals surface area contributed by atoms with Crippen molar-refractivity contribution in [3.05, 3.63) is 95.0 Å². The summed E-state index contributed by atoms with van der Waals surface area (Å²) in [5, 5.41) is 0. The zero-order chi connectivity index (χ0) is 21.7. The molecular weight excluding hydrogens is 385 g/mol. The quantitative estimate of drug-likeness (QED) is 0.488. The lowest BCUT2D eigenvalue weighted by atomic mass is 9.93. The van der Waals surface area contributed by atoms with Crippen molar-refractivity contribution in [2.24, 2.45) is 0 Å². The molecule has 29 heavy (non-hydrogen) atoms. The first-order valence-corrected chi connectivity index (χ1v) is 9.17. The average Bonchev–Trinajstić information content (AvgIpc) is 2.68. The van der Waals surface area contributed by atoms with Crippen molar-refractivity contribution in [2.75, 3.05) is 6.54 Å². The van der Waals surface area contributed by atoms with Gasteiger partial charge in [0.1, 0.15) is 17.5 Å². The van der Waals surface area contributed by atoms with Gasteiger partial charge in [0.25, 0.3) is 6.43 Å². The van der Waals surface area contributed by atoms with E-state index in [1.54, 1.807) is 30.3 Å². The van der Waals surface area contributed by atoms with Crippen molar-refractivity contribution in [2.45, 2.75) is 27.2 Å². The maximum absolute atomic E-state index is 14.7. The molecule has 0 aliphatic carbocycles. The molecule has 0 saturated carbocycles. The van der Waals surface area contributed by atoms with Gasteiger partial charge in [-0.05, 0) is 36.3 Å². The number of alkyl halides is 2. The summed E-state index contributed by atoms with van der Waals surface area (Å²) in [6.07, 6.45) is -1.80. The summed E-state index contributed by atoms with van der Waals surface area (Å²) in [5.41, 5.74) is -0.166. The molecule has 0 atom stereocenters. The minimum absolute atomic E-state index is 0.0998. The van der Waals surface area contributed by atoms with Gasteiger partial charge in [0.2, 0.25) is 0 Å². The summed E-state index contributed by atoms with van der Waals surface area (Å²) in [5.74, 6) is -2.68. The normalized spacial score (nSPS) is 14.0. The second kappa shape index (κ2) is 9.54. The maximum Gasteiger partial charge on any atom is 0.256 e. The van der Waals surface area contributed by atoms with Gasteiger partial charge in [0.15, 0.2) is 0 Å². The maximum atomic E-state index is 14.7. The summed E-state index contributed by atoms with van der Waals surface area (Å²) in [6.45, 7) is 8.05. The van der Waals surface area contributed by atoms with E-state index in [0.29, 0.717) is 11.1 Å². The number of aryl methyl sites for hydroxylation is 1. The van der Waals surface area contributed by atoms with Gasteiger partial charge in [-0.2, -0.15) is 0 Å². The Morgan fingerprint density at radius 1 is 0.966 bits per heavy atom. The van der Waals surface area contributed by atoms with Gasteiger partial charge in [-0.1, -0.05) is 50.8 Å². The molecule has 0 radical (unpaired) electrons. The summed E-state index contributed by atoms with van der Waals surface area (Å²) in [4.78, 5) is 0.832. The lowest BCUT2D eigenvalue weighted by Gasteiger charge is -2.33. The number of halogens is 5. The molecule has 1 nitrogen and oxygen atoms in total. The Morgan fingerprint density at radius 2 is 1.52 bits per heavy atom. The Kier molecular flexibility index (Phi) is 7.37. The van der Waals surface area contributed by atoms with Crippen LogP contribution in [0, 0.1) is 18.6 Å². The second-order valence-electron chi connectivity index (χ2n) is 6.17. The van der Waals surface area contributed by atoms with Crippen LogP contribution in [0.5, 0.6) is 0 Å². The monoisotopic (exact) mass is 407 g/mol. The molecule has 2 aromatic carbocycles. The number of rotatable bonds is 4. The average molecular weight is 407 g/mol. The molecule has 1 heterocycles. The van der Waals surface area contributed by atoms with Crippen molar-refractivity contribution in [1.29, 1.82) is 0 Å². The fourth-order valence-corrected chi connectivity index (χ4v) is 3.06. The molecule has 0 unspecified atom stereocenters. The van der Waals surface area contributed by atoms with E-state index >= 15 is 0 Å². The van der Waals surface area contributed by atoms with Crippen molar-refractivity contribution in [1.82, 2.24) is 4.90 Å². The number of benzene rings is 2. The molecule has 0 aromatic heterocycles. The molecule has 0 spiro atoms. The highest BCUT2D eigenvalue weighted by Crippen LogP contribution is 2.41. The molecule has 1 aliphatic heterocycles. The van der Waals surface area contributed by atoms with E-state index in [1.807, 2.05) is 13.8 Å². The second-order valence-corrected chi connectivity index (χ2v) is 6.17. The highest BCUT2D eigenvalue weighted by atomic mass is 19.3. The first-order valence-electron chi connectivity index (χ1n) is 9.17. The van der Waals surface area contributed by atoms with Gasteiger partial charge in [-0.25, -0.2) is 22.0 Å². The lowest BCUT2D eigenvalue weighted by Crippen LogP contribution is -2.30. The standard InChI is InChI=1S/C21H16F5N.C2H6/c1-12-8-17(23)20(18(24)9-12)21-15(14-6-4-3-5-7-14)10-16(22)13(2)27(21)11-19(25)26;1-2/h3-10,19H,2,11H2,1H3;1-2H3. The van der Waals surface area contributed by atoms with Gasteiger partial charge in [-0.15, -0.1) is 0 Å². The van der Waals surface area contributed by atoms with E-state index in [-0.39, 0.29) is 17.0 Å². The third-order valence-corrected chi connectivity index (χ3v) is 4.23. The molecule has 6 heteroatoms. The minimum Gasteiger partial charge on any atom is -0.333 e. The zero-order valence-electron chi connectivity index (χ0n) is 16.4. The van der Waals surface area contributed by atoms with Crippen LogP contribution in [0.1, 0.15) is 30.5 Å². The van der Waals surface area contributed by atoms with Gasteiger partial charge in [0.05, 0.1) is 23.5 Å². The van der Waals surface area contributed by atoms with Crippen molar-refractivity contribution in [3.8, 4) is 0 Å². The Hall–Kier alpha value is -2.89. The molecule has 0 amide bonds. The predicted octanol–water partition coefficient (Wildman–Crippen LogP) is 7.12. The molecule has 0 bridgehead atoms. The molecule has 0 fully saturated rings. The van der Waals surface area contributed by atoms with Crippen LogP contribution in [0.15, 0.2) is 66.6 Å². The van der Waals surface area contributed by atoms with Crippen LogP contribution in [-0.4, -0.2) is 17.9 Å². The van der Waals surface area contributed by atoms with Crippen LogP contribution in [0.3, 0.4) is 0 Å². The van der Waals surface area contributed by atoms with E-state index in [1.165, 1.54) is 6.92 Å². The van der Waals surface area contributed by atoms with Gasteiger partial charge >= 0.3 is 0 Å². The van der Waals surface area contributed by atoms with Crippen LogP contribution in [0.25, 0.3) is 11.3 Å². The Morgan fingerprint density at radius 3 is 2.03 bits per heavy atom. The van der Waals surface area contributed by atoms with Gasteiger partial charge in [-0.3, -0.25) is 0 Å². The summed E-state index contributed by atoms with van der Waals surface area (Å²) < 4.78 is 70.1. The van der Waals surface area contributed by atoms with Crippen molar-refractivity contribution >= 4 is 11.3 Å². The fourth-order valence-electron chi connectivity index (χ4n) is 3.06. The summed E-state index contributed by atoms with van der Waals surface area (Å²) in [7, 11) is 0. The van der Waals surface area contributed by atoms with E-state index < -0.39 is 36.0 Å². The molecule has 0 saturated heterocycles. The van der Waals surface area contributed by atoms with Crippen LogP contribution in [-0.2, 0) is 0 Å². The number of nitrogens with zero attached hydrogens (tertiary/aromatic N) is 1. The molecule has 2 aromatic rings. The van der Waals surface area contributed by atoms with E-state index in [4.69, 9.17) is 0 Å². The number of allylic oxidation sites excluding steroid dienone is 3. The summed E-state index contributed by atoms with van der Waals surface area (Å²) >= 11 is 0. The highest BCUT2D eigenvalue weighted by Gasteiger charge is 2.32. The van der Waals surface area contributed by atoms with Crippen molar-refractivity contribution < 1.29 is 22.0 Å². The van der Waals surface area contributed by atoms with E-state index in [9.17, 15) is 22.0 Å². The molecule has 0 N–H and O–H groups in total. The highest BCUT2D eigenvalue weighted by molar-refractivity contribution is 5.97. The topological polar surface area (TPSA) is 3.24 Å². The molecule has 154 valence electrons. The number of hydrogen-bond donors (Lipinski definition) is 0. The van der Waals surface area contributed by atoms with Crippen LogP contribution < -0.4 is 0 Å². The third kappa shape index (κ3) is 4.75. The summed E-state index contributed by atoms with van der Waals surface area (Å²) in [6, 6.07) is 10.5. The number of hydrogen-bond acceptors (Lipinski definition) is 1. The van der Waals surface area contributed by atoms with Crippen LogP contribution in [0.2, 0.25) is 0 Å². The Balaban J connectivity index is 0.00000145. The van der Waals surface area contributed by atoms with E-state index in [0.717, 1.165) is 23.1 Å². The third-order valence-electron chi connectivity index (χ3n) is 4.23. The largest absolute Gasteiger partial charge is 0.333 e. The van der Waals surface area contributed by atoms with Crippen molar-refractivity contribution in [3.63, 3.8) is 0 Å². The minimum atomic E-state index is -2.86. The van der Waals surface area contributed by atoms with Crippen LogP contribution >= 0.6 is 0 Å². The Labute approximate surface area is 167 Å². The lowest BCUT2D eigenvalue weighted by molar-refractivity contribution is 0.122. The van der Waals surface area contributed by atoms with Crippen LogP contribution in [0.4, 0.5) is 22.0 Å². The smallest absolute Gasteiger partial charge is 0.256 e.